The lowest BCUT2D eigenvalue weighted by molar-refractivity contribution is 0.114. The fourth-order valence-electron chi connectivity index (χ4n) is 3.47. The molecule has 124 valence electrons. The Kier molecular flexibility index (Phi) is 8.94. The molecular formula is C16H32IN3O. The van der Waals surface area contributed by atoms with E-state index in [0.29, 0.717) is 5.92 Å². The molecule has 0 radical (unpaired) electrons. The summed E-state index contributed by atoms with van der Waals surface area (Å²) in [5, 5.41) is 3.45. The second kappa shape index (κ2) is 9.87. The summed E-state index contributed by atoms with van der Waals surface area (Å²) in [6, 6.07) is 0. The van der Waals surface area contributed by atoms with Crippen LogP contribution in [0.2, 0.25) is 0 Å². The lowest BCUT2D eigenvalue weighted by Crippen LogP contribution is -2.41. The Morgan fingerprint density at radius 2 is 1.86 bits per heavy atom. The van der Waals surface area contributed by atoms with Crippen LogP contribution in [0.25, 0.3) is 0 Å². The highest BCUT2D eigenvalue weighted by Crippen LogP contribution is 2.35. The Labute approximate surface area is 147 Å². The standard InChI is InChI=1S/C16H31N3O.HI/c1-13(2)12-20-9-8-18-16(17-3)19-10-14-6-4-5-7-15(14)11-19;/h13-15H,4-12H2,1-3H3,(H,17,18);1H. The average Bonchev–Trinajstić information content (AvgIpc) is 2.86. The molecule has 0 aromatic rings. The van der Waals surface area contributed by atoms with Gasteiger partial charge in [-0.15, -0.1) is 24.0 Å². The number of rotatable bonds is 5. The number of hydrogen-bond donors (Lipinski definition) is 1. The normalized spacial score (nSPS) is 25.7. The number of likely N-dealkylation sites (tertiary alicyclic amines) is 1. The average molecular weight is 409 g/mol. The van der Waals surface area contributed by atoms with Gasteiger partial charge in [-0.25, -0.2) is 0 Å². The molecule has 0 bridgehead atoms. The van der Waals surface area contributed by atoms with Crippen LogP contribution in [-0.2, 0) is 4.74 Å². The molecule has 1 saturated heterocycles. The molecule has 21 heavy (non-hydrogen) atoms. The molecule has 0 aromatic carbocycles. The molecule has 0 spiro atoms. The summed E-state index contributed by atoms with van der Waals surface area (Å²) in [6.45, 7) is 9.20. The predicted octanol–water partition coefficient (Wildman–Crippen LogP) is 2.97. The molecule has 2 unspecified atom stereocenters. The topological polar surface area (TPSA) is 36.9 Å². The quantitative estimate of drug-likeness (QED) is 0.328. The van der Waals surface area contributed by atoms with Crippen LogP contribution in [0.5, 0.6) is 0 Å². The van der Waals surface area contributed by atoms with Gasteiger partial charge in [0, 0.05) is 33.3 Å². The number of halogens is 1. The first-order chi connectivity index (χ1) is 9.70. The van der Waals surface area contributed by atoms with Crippen LogP contribution in [0.4, 0.5) is 0 Å². The SMILES string of the molecule is CN=C(NCCOCC(C)C)N1CC2CCCCC2C1.I. The number of nitrogens with zero attached hydrogens (tertiary/aromatic N) is 2. The summed E-state index contributed by atoms with van der Waals surface area (Å²) < 4.78 is 5.61. The van der Waals surface area contributed by atoms with Crippen molar-refractivity contribution in [3.05, 3.63) is 0 Å². The fourth-order valence-corrected chi connectivity index (χ4v) is 3.47. The van der Waals surface area contributed by atoms with Gasteiger partial charge in [0.25, 0.3) is 0 Å². The van der Waals surface area contributed by atoms with Gasteiger partial charge in [-0.2, -0.15) is 0 Å². The van der Waals surface area contributed by atoms with E-state index in [-0.39, 0.29) is 24.0 Å². The van der Waals surface area contributed by atoms with E-state index < -0.39 is 0 Å². The van der Waals surface area contributed by atoms with Crippen LogP contribution in [0, 0.1) is 17.8 Å². The highest BCUT2D eigenvalue weighted by atomic mass is 127. The lowest BCUT2D eigenvalue weighted by Gasteiger charge is -2.22. The summed E-state index contributed by atoms with van der Waals surface area (Å²) in [4.78, 5) is 6.88. The molecule has 5 heteroatoms. The van der Waals surface area contributed by atoms with E-state index in [2.05, 4.69) is 29.1 Å². The van der Waals surface area contributed by atoms with Crippen molar-refractivity contribution in [3.8, 4) is 0 Å². The molecule has 0 amide bonds. The maximum absolute atomic E-state index is 5.61. The van der Waals surface area contributed by atoms with Crippen molar-refractivity contribution in [2.45, 2.75) is 39.5 Å². The van der Waals surface area contributed by atoms with Gasteiger partial charge < -0.3 is 15.0 Å². The smallest absolute Gasteiger partial charge is 0.193 e. The van der Waals surface area contributed by atoms with Crippen molar-refractivity contribution >= 4 is 29.9 Å². The van der Waals surface area contributed by atoms with Gasteiger partial charge in [0.15, 0.2) is 5.96 Å². The molecule has 4 nitrogen and oxygen atoms in total. The van der Waals surface area contributed by atoms with Crippen LogP contribution in [0.3, 0.4) is 0 Å². The monoisotopic (exact) mass is 409 g/mol. The van der Waals surface area contributed by atoms with Crippen LogP contribution < -0.4 is 5.32 Å². The second-order valence-corrected chi connectivity index (χ2v) is 6.65. The first kappa shape index (κ1) is 19.0. The van der Waals surface area contributed by atoms with Crippen molar-refractivity contribution < 1.29 is 4.74 Å². The Bertz CT molecular complexity index is 309. The van der Waals surface area contributed by atoms with Crippen LogP contribution in [0.1, 0.15) is 39.5 Å². The van der Waals surface area contributed by atoms with Crippen molar-refractivity contribution in [3.63, 3.8) is 0 Å². The van der Waals surface area contributed by atoms with Gasteiger partial charge in [0.2, 0.25) is 0 Å². The number of guanidine groups is 1. The van der Waals surface area contributed by atoms with E-state index in [1.807, 2.05) is 7.05 Å². The third-order valence-corrected chi connectivity index (χ3v) is 4.47. The van der Waals surface area contributed by atoms with Crippen molar-refractivity contribution in [1.82, 2.24) is 10.2 Å². The minimum Gasteiger partial charge on any atom is -0.379 e. The molecule has 1 aliphatic heterocycles. The van der Waals surface area contributed by atoms with E-state index in [0.717, 1.165) is 37.6 Å². The summed E-state index contributed by atoms with van der Waals surface area (Å²) in [7, 11) is 1.89. The van der Waals surface area contributed by atoms with E-state index in [4.69, 9.17) is 4.74 Å². The van der Waals surface area contributed by atoms with Gasteiger partial charge in [0.05, 0.1) is 6.61 Å². The molecule has 2 rings (SSSR count). The number of hydrogen-bond acceptors (Lipinski definition) is 2. The largest absolute Gasteiger partial charge is 0.379 e. The predicted molar refractivity (Wildman–Crippen MR) is 99.5 cm³/mol. The zero-order valence-corrected chi connectivity index (χ0v) is 16.1. The van der Waals surface area contributed by atoms with E-state index in [1.165, 1.54) is 38.8 Å². The number of ether oxygens (including phenoxy) is 1. The Balaban J connectivity index is 0.00000220. The Morgan fingerprint density at radius 3 is 2.38 bits per heavy atom. The maximum atomic E-state index is 5.61. The summed E-state index contributed by atoms with van der Waals surface area (Å²) >= 11 is 0. The molecule has 1 heterocycles. The number of nitrogens with one attached hydrogen (secondary N) is 1. The van der Waals surface area contributed by atoms with Gasteiger partial charge in [0.1, 0.15) is 0 Å². The van der Waals surface area contributed by atoms with Gasteiger partial charge >= 0.3 is 0 Å². The van der Waals surface area contributed by atoms with Gasteiger partial charge in [-0.3, -0.25) is 4.99 Å². The third kappa shape index (κ3) is 5.93. The molecule has 2 aliphatic rings. The van der Waals surface area contributed by atoms with Crippen LogP contribution in [-0.4, -0.2) is 50.8 Å². The van der Waals surface area contributed by atoms with E-state index in [9.17, 15) is 0 Å². The summed E-state index contributed by atoms with van der Waals surface area (Å²) in [5.41, 5.74) is 0. The highest BCUT2D eigenvalue weighted by molar-refractivity contribution is 14.0. The zero-order valence-electron chi connectivity index (χ0n) is 13.8. The van der Waals surface area contributed by atoms with Crippen LogP contribution >= 0.6 is 24.0 Å². The van der Waals surface area contributed by atoms with Gasteiger partial charge in [-0.1, -0.05) is 26.7 Å². The minimum atomic E-state index is 0. The lowest BCUT2D eigenvalue weighted by atomic mass is 9.82. The van der Waals surface area contributed by atoms with Crippen molar-refractivity contribution in [2.75, 3.05) is 39.9 Å². The summed E-state index contributed by atoms with van der Waals surface area (Å²) in [5.74, 6) is 3.47. The highest BCUT2D eigenvalue weighted by Gasteiger charge is 2.35. The second-order valence-electron chi connectivity index (χ2n) is 6.65. The Hall–Kier alpha value is -0.0400. The van der Waals surface area contributed by atoms with Crippen molar-refractivity contribution in [2.24, 2.45) is 22.7 Å². The Morgan fingerprint density at radius 1 is 1.24 bits per heavy atom. The van der Waals surface area contributed by atoms with Crippen molar-refractivity contribution in [1.29, 1.82) is 0 Å². The number of aliphatic imine (C=N–C) groups is 1. The van der Waals surface area contributed by atoms with Crippen LogP contribution in [0.15, 0.2) is 4.99 Å². The van der Waals surface area contributed by atoms with E-state index >= 15 is 0 Å². The third-order valence-electron chi connectivity index (χ3n) is 4.47. The molecule has 0 aromatic heterocycles. The first-order valence-electron chi connectivity index (χ1n) is 8.24. The molecule has 1 N–H and O–H groups in total. The molecule has 1 aliphatic carbocycles. The summed E-state index contributed by atoms with van der Waals surface area (Å²) in [6.07, 6.45) is 5.67. The molecule has 2 fully saturated rings. The van der Waals surface area contributed by atoms with Gasteiger partial charge in [-0.05, 0) is 30.6 Å². The minimum absolute atomic E-state index is 0. The zero-order chi connectivity index (χ0) is 14.4. The van der Waals surface area contributed by atoms with E-state index in [1.54, 1.807) is 0 Å². The molecule has 2 atom stereocenters. The molecule has 1 saturated carbocycles. The number of fused-ring (bicyclic) bond motifs is 1. The fraction of sp³-hybridized carbons (Fsp3) is 0.938. The molecular weight excluding hydrogens is 377 g/mol. The first-order valence-corrected chi connectivity index (χ1v) is 8.24. The maximum Gasteiger partial charge on any atom is 0.193 e.